The minimum atomic E-state index is 0.0770. The van der Waals surface area contributed by atoms with Gasteiger partial charge in [-0.3, -0.25) is 4.90 Å². The monoisotopic (exact) mass is 247 g/mol. The van der Waals surface area contributed by atoms with Crippen molar-refractivity contribution in [2.24, 2.45) is 0 Å². The maximum atomic E-state index is 8.91. The Balaban J connectivity index is 1.67. The minimum Gasteiger partial charge on any atom is -0.300 e. The van der Waals surface area contributed by atoms with Crippen LogP contribution in [0.1, 0.15) is 39.0 Å². The lowest BCUT2D eigenvalue weighted by Crippen LogP contribution is -2.49. The summed E-state index contributed by atoms with van der Waals surface area (Å²) >= 11 is 0. The van der Waals surface area contributed by atoms with Crippen molar-refractivity contribution in [3.8, 4) is 6.07 Å². The van der Waals surface area contributed by atoms with Crippen LogP contribution in [0.3, 0.4) is 0 Å². The molecule has 3 nitrogen and oxygen atoms in total. The molecule has 0 saturated carbocycles. The minimum absolute atomic E-state index is 0.0770. The van der Waals surface area contributed by atoms with Gasteiger partial charge in [-0.15, -0.1) is 0 Å². The summed E-state index contributed by atoms with van der Waals surface area (Å²) in [5.74, 6) is 0. The highest BCUT2D eigenvalue weighted by molar-refractivity contribution is 5.05. The second-order valence-corrected chi connectivity index (χ2v) is 5.54. The standard InChI is InChI=1S/C15H25N3/c1-14(13-16)18-11-9-17(10-12-18)8-7-15-5-3-2-4-6-15/h5,14H,2-4,6-12H2,1H3. The largest absolute Gasteiger partial charge is 0.300 e. The van der Waals surface area contributed by atoms with Crippen LogP contribution in [0, 0.1) is 11.3 Å². The van der Waals surface area contributed by atoms with E-state index in [1.165, 1.54) is 38.6 Å². The summed E-state index contributed by atoms with van der Waals surface area (Å²) < 4.78 is 0. The Hall–Kier alpha value is -0.850. The van der Waals surface area contributed by atoms with Crippen molar-refractivity contribution in [1.29, 1.82) is 5.26 Å². The van der Waals surface area contributed by atoms with Crippen molar-refractivity contribution in [2.45, 2.75) is 45.1 Å². The summed E-state index contributed by atoms with van der Waals surface area (Å²) in [6, 6.07) is 2.41. The Morgan fingerprint density at radius 3 is 2.67 bits per heavy atom. The lowest BCUT2D eigenvalue weighted by atomic mass is 9.97. The molecule has 0 aromatic rings. The summed E-state index contributed by atoms with van der Waals surface area (Å²) in [5.41, 5.74) is 1.68. The maximum absolute atomic E-state index is 8.91. The van der Waals surface area contributed by atoms with Gasteiger partial charge in [-0.05, 0) is 39.0 Å². The van der Waals surface area contributed by atoms with E-state index < -0.39 is 0 Å². The number of rotatable bonds is 4. The second-order valence-electron chi connectivity index (χ2n) is 5.54. The average molecular weight is 247 g/mol. The first-order chi connectivity index (χ1) is 8.79. The molecule has 0 aromatic heterocycles. The van der Waals surface area contributed by atoms with Gasteiger partial charge in [0.05, 0.1) is 12.1 Å². The first-order valence-electron chi connectivity index (χ1n) is 7.33. The number of allylic oxidation sites excluding steroid dienone is 1. The van der Waals surface area contributed by atoms with Gasteiger partial charge in [-0.25, -0.2) is 0 Å². The molecule has 0 N–H and O–H groups in total. The van der Waals surface area contributed by atoms with Crippen LogP contribution in [0.15, 0.2) is 11.6 Å². The van der Waals surface area contributed by atoms with E-state index in [4.69, 9.17) is 5.26 Å². The highest BCUT2D eigenvalue weighted by Gasteiger charge is 2.20. The quantitative estimate of drug-likeness (QED) is 0.715. The third kappa shape index (κ3) is 3.83. The van der Waals surface area contributed by atoms with Crippen molar-refractivity contribution < 1.29 is 0 Å². The molecule has 1 aliphatic carbocycles. The summed E-state index contributed by atoms with van der Waals surface area (Å²) in [4.78, 5) is 4.84. The third-order valence-electron chi connectivity index (χ3n) is 4.28. The molecule has 18 heavy (non-hydrogen) atoms. The Bertz CT molecular complexity index is 321. The second kappa shape index (κ2) is 6.92. The van der Waals surface area contributed by atoms with Crippen LogP contribution in [-0.2, 0) is 0 Å². The lowest BCUT2D eigenvalue weighted by molar-refractivity contribution is 0.120. The molecule has 0 aromatic carbocycles. The molecule has 1 saturated heterocycles. The normalized spacial score (nSPS) is 24.3. The van der Waals surface area contributed by atoms with Crippen molar-refractivity contribution in [2.75, 3.05) is 32.7 Å². The number of hydrogen-bond acceptors (Lipinski definition) is 3. The molecular weight excluding hydrogens is 222 g/mol. The van der Waals surface area contributed by atoms with Gasteiger partial charge in [-0.2, -0.15) is 5.26 Å². The molecular formula is C15H25N3. The van der Waals surface area contributed by atoms with Gasteiger partial charge < -0.3 is 4.90 Å². The van der Waals surface area contributed by atoms with Crippen LogP contribution in [0.4, 0.5) is 0 Å². The van der Waals surface area contributed by atoms with Crippen LogP contribution in [0.25, 0.3) is 0 Å². The molecule has 0 amide bonds. The van der Waals surface area contributed by atoms with Gasteiger partial charge >= 0.3 is 0 Å². The molecule has 0 spiro atoms. The number of hydrogen-bond donors (Lipinski definition) is 0. The summed E-state index contributed by atoms with van der Waals surface area (Å²) in [6.45, 7) is 7.56. The van der Waals surface area contributed by atoms with Gasteiger partial charge in [0.1, 0.15) is 0 Å². The van der Waals surface area contributed by atoms with E-state index in [0.717, 1.165) is 26.2 Å². The first-order valence-corrected chi connectivity index (χ1v) is 7.33. The van der Waals surface area contributed by atoms with E-state index in [9.17, 15) is 0 Å². The molecule has 1 fully saturated rings. The maximum Gasteiger partial charge on any atom is 0.0950 e. The van der Waals surface area contributed by atoms with E-state index in [0.29, 0.717) is 0 Å². The fourth-order valence-corrected chi connectivity index (χ4v) is 2.89. The van der Waals surface area contributed by atoms with Gasteiger partial charge in [0.15, 0.2) is 0 Å². The third-order valence-corrected chi connectivity index (χ3v) is 4.28. The van der Waals surface area contributed by atoms with Crippen LogP contribution in [0.2, 0.25) is 0 Å². The molecule has 1 aliphatic heterocycles. The van der Waals surface area contributed by atoms with Crippen molar-refractivity contribution in [3.63, 3.8) is 0 Å². The van der Waals surface area contributed by atoms with Gasteiger partial charge in [0.2, 0.25) is 0 Å². The zero-order chi connectivity index (χ0) is 12.8. The van der Waals surface area contributed by atoms with Gasteiger partial charge in [0, 0.05) is 32.7 Å². The predicted octanol–water partition coefficient (Wildman–Crippen LogP) is 2.41. The number of nitrogens with zero attached hydrogens (tertiary/aromatic N) is 3. The smallest absolute Gasteiger partial charge is 0.0950 e. The predicted molar refractivity (Wildman–Crippen MR) is 74.3 cm³/mol. The number of nitriles is 1. The van der Waals surface area contributed by atoms with E-state index in [-0.39, 0.29) is 6.04 Å². The van der Waals surface area contributed by atoms with E-state index in [1.807, 2.05) is 6.92 Å². The average Bonchev–Trinajstić information content (AvgIpc) is 2.46. The molecule has 0 radical (unpaired) electrons. The molecule has 3 heteroatoms. The Morgan fingerprint density at radius 2 is 2.06 bits per heavy atom. The van der Waals surface area contributed by atoms with Crippen LogP contribution < -0.4 is 0 Å². The Morgan fingerprint density at radius 1 is 1.28 bits per heavy atom. The fraction of sp³-hybridized carbons (Fsp3) is 0.800. The molecule has 1 heterocycles. The molecule has 2 rings (SSSR count). The zero-order valence-electron chi connectivity index (χ0n) is 11.6. The first kappa shape index (κ1) is 13.6. The van der Waals surface area contributed by atoms with Crippen molar-refractivity contribution >= 4 is 0 Å². The van der Waals surface area contributed by atoms with Crippen LogP contribution in [-0.4, -0.2) is 48.6 Å². The van der Waals surface area contributed by atoms with E-state index in [1.54, 1.807) is 5.57 Å². The van der Waals surface area contributed by atoms with E-state index >= 15 is 0 Å². The van der Waals surface area contributed by atoms with Crippen LogP contribution >= 0.6 is 0 Å². The summed E-state index contributed by atoms with van der Waals surface area (Å²) in [7, 11) is 0. The highest BCUT2D eigenvalue weighted by atomic mass is 15.3. The molecule has 1 unspecified atom stereocenters. The fourth-order valence-electron chi connectivity index (χ4n) is 2.89. The topological polar surface area (TPSA) is 30.3 Å². The SMILES string of the molecule is CC(C#N)N1CCN(CCC2=CCCCC2)CC1. The molecule has 2 aliphatic rings. The lowest BCUT2D eigenvalue weighted by Gasteiger charge is -2.36. The summed E-state index contributed by atoms with van der Waals surface area (Å²) in [5, 5.41) is 8.91. The Kier molecular flexibility index (Phi) is 5.22. The summed E-state index contributed by atoms with van der Waals surface area (Å²) in [6.07, 6.45) is 9.10. The molecule has 0 bridgehead atoms. The zero-order valence-corrected chi connectivity index (χ0v) is 11.6. The van der Waals surface area contributed by atoms with Crippen molar-refractivity contribution in [3.05, 3.63) is 11.6 Å². The van der Waals surface area contributed by atoms with E-state index in [2.05, 4.69) is 21.9 Å². The van der Waals surface area contributed by atoms with Crippen LogP contribution in [0.5, 0.6) is 0 Å². The highest BCUT2D eigenvalue weighted by Crippen LogP contribution is 2.20. The number of piperazine rings is 1. The van der Waals surface area contributed by atoms with Gasteiger partial charge in [0.25, 0.3) is 0 Å². The van der Waals surface area contributed by atoms with Gasteiger partial charge in [-0.1, -0.05) is 11.6 Å². The Labute approximate surface area is 111 Å². The molecule has 1 atom stereocenters. The van der Waals surface area contributed by atoms with Crippen molar-refractivity contribution in [1.82, 2.24) is 9.80 Å². The molecule has 100 valence electrons.